The maximum absolute atomic E-state index is 13.9. The largest absolute Gasteiger partial charge is 0.313 e. The van der Waals surface area contributed by atoms with E-state index in [0.717, 1.165) is 36.8 Å². The highest BCUT2D eigenvalue weighted by Crippen LogP contribution is 2.55. The summed E-state index contributed by atoms with van der Waals surface area (Å²) in [4.78, 5) is 0. The fourth-order valence-corrected chi connectivity index (χ4v) is 3.96. The van der Waals surface area contributed by atoms with Crippen LogP contribution in [0.2, 0.25) is 5.02 Å². The van der Waals surface area contributed by atoms with E-state index in [-0.39, 0.29) is 5.82 Å². The van der Waals surface area contributed by atoms with Gasteiger partial charge in [-0.05, 0) is 80.2 Å². The zero-order chi connectivity index (χ0) is 14.1. The van der Waals surface area contributed by atoms with Crippen molar-refractivity contribution in [3.63, 3.8) is 0 Å². The van der Waals surface area contributed by atoms with Crippen molar-refractivity contribution >= 4 is 11.6 Å². The summed E-state index contributed by atoms with van der Waals surface area (Å²) in [6.07, 6.45) is 5.97. The first kappa shape index (κ1) is 14.3. The Labute approximate surface area is 125 Å². The Morgan fingerprint density at radius 1 is 1.30 bits per heavy atom. The number of hydrogen-bond donors (Lipinski definition) is 1. The van der Waals surface area contributed by atoms with Gasteiger partial charge < -0.3 is 5.32 Å². The highest BCUT2D eigenvalue weighted by molar-refractivity contribution is 6.30. The molecular weight excluding hydrogens is 273 g/mol. The van der Waals surface area contributed by atoms with Gasteiger partial charge in [0.25, 0.3) is 0 Å². The summed E-state index contributed by atoms with van der Waals surface area (Å²) in [5.74, 6) is 2.52. The van der Waals surface area contributed by atoms with E-state index in [1.165, 1.54) is 25.3 Å². The van der Waals surface area contributed by atoms with Gasteiger partial charge in [-0.2, -0.15) is 0 Å². The van der Waals surface area contributed by atoms with E-state index in [4.69, 9.17) is 11.6 Å². The number of rotatable bonds is 6. The zero-order valence-corrected chi connectivity index (χ0v) is 12.8. The van der Waals surface area contributed by atoms with E-state index in [9.17, 15) is 4.39 Å². The fourth-order valence-electron chi connectivity index (χ4n) is 3.76. The molecule has 110 valence electrons. The molecule has 0 saturated heterocycles. The molecule has 0 radical (unpaired) electrons. The molecule has 2 aliphatic carbocycles. The van der Waals surface area contributed by atoms with Gasteiger partial charge in [0.15, 0.2) is 0 Å². The lowest BCUT2D eigenvalue weighted by Gasteiger charge is -2.26. The third-order valence-corrected chi connectivity index (χ3v) is 5.19. The molecule has 2 fully saturated rings. The van der Waals surface area contributed by atoms with Crippen LogP contribution < -0.4 is 5.32 Å². The van der Waals surface area contributed by atoms with Crippen molar-refractivity contribution in [1.29, 1.82) is 0 Å². The molecule has 1 aromatic carbocycles. The molecule has 1 nitrogen and oxygen atoms in total. The van der Waals surface area contributed by atoms with Gasteiger partial charge in [0.1, 0.15) is 5.82 Å². The molecule has 3 rings (SSSR count). The minimum Gasteiger partial charge on any atom is -0.313 e. The van der Waals surface area contributed by atoms with Crippen molar-refractivity contribution in [3.05, 3.63) is 34.6 Å². The van der Waals surface area contributed by atoms with Gasteiger partial charge in [-0.15, -0.1) is 0 Å². The molecule has 3 atom stereocenters. The molecule has 3 heteroatoms. The molecule has 0 heterocycles. The molecule has 0 bridgehead atoms. The zero-order valence-electron chi connectivity index (χ0n) is 12.0. The minimum atomic E-state index is -0.124. The summed E-state index contributed by atoms with van der Waals surface area (Å²) in [6.45, 7) is 3.19. The van der Waals surface area contributed by atoms with Crippen molar-refractivity contribution in [3.8, 4) is 0 Å². The van der Waals surface area contributed by atoms with Gasteiger partial charge >= 0.3 is 0 Å². The van der Waals surface area contributed by atoms with Gasteiger partial charge in [-0.1, -0.05) is 18.5 Å². The van der Waals surface area contributed by atoms with Crippen LogP contribution in [0, 0.1) is 23.6 Å². The highest BCUT2D eigenvalue weighted by atomic mass is 35.5. The predicted molar refractivity (Wildman–Crippen MR) is 81.5 cm³/mol. The van der Waals surface area contributed by atoms with Crippen LogP contribution in [0.3, 0.4) is 0 Å². The molecule has 20 heavy (non-hydrogen) atoms. The van der Waals surface area contributed by atoms with E-state index in [2.05, 4.69) is 12.2 Å². The molecule has 3 unspecified atom stereocenters. The summed E-state index contributed by atoms with van der Waals surface area (Å²) in [5.41, 5.74) is 0.756. The van der Waals surface area contributed by atoms with Crippen molar-refractivity contribution < 1.29 is 4.39 Å². The Morgan fingerprint density at radius 3 is 2.75 bits per heavy atom. The first-order valence-corrected chi connectivity index (χ1v) is 8.22. The quantitative estimate of drug-likeness (QED) is 0.818. The molecule has 2 saturated carbocycles. The monoisotopic (exact) mass is 295 g/mol. The van der Waals surface area contributed by atoms with E-state index in [1.54, 1.807) is 12.1 Å². The van der Waals surface area contributed by atoms with Gasteiger partial charge in [0.05, 0.1) is 0 Å². The topological polar surface area (TPSA) is 12.0 Å². The normalized spacial score (nSPS) is 29.2. The molecule has 0 aliphatic heterocycles. The lowest BCUT2D eigenvalue weighted by Crippen LogP contribution is -2.38. The van der Waals surface area contributed by atoms with Crippen LogP contribution in [-0.2, 0) is 6.42 Å². The van der Waals surface area contributed by atoms with Crippen LogP contribution in [-0.4, -0.2) is 12.6 Å². The van der Waals surface area contributed by atoms with Crippen LogP contribution in [0.15, 0.2) is 18.2 Å². The van der Waals surface area contributed by atoms with Gasteiger partial charge in [-0.25, -0.2) is 4.39 Å². The van der Waals surface area contributed by atoms with E-state index >= 15 is 0 Å². The van der Waals surface area contributed by atoms with Crippen LogP contribution in [0.25, 0.3) is 0 Å². The van der Waals surface area contributed by atoms with E-state index < -0.39 is 0 Å². The molecule has 1 N–H and O–H groups in total. The smallest absolute Gasteiger partial charge is 0.126 e. The third-order valence-electron chi connectivity index (χ3n) is 4.95. The van der Waals surface area contributed by atoms with Gasteiger partial charge in [-0.3, -0.25) is 0 Å². The standard InChI is InChI=1S/C17H23ClFN/c1-2-5-20-17(14-7-11-6-12(11)8-14)10-13-9-15(18)3-4-16(13)19/h3-4,9,11-12,14,17,20H,2,5-8,10H2,1H3. The van der Waals surface area contributed by atoms with Crippen LogP contribution in [0.1, 0.15) is 38.2 Å². The van der Waals surface area contributed by atoms with Crippen LogP contribution in [0.5, 0.6) is 0 Å². The molecular formula is C17H23ClFN. The molecule has 0 amide bonds. The molecule has 1 aromatic rings. The fraction of sp³-hybridized carbons (Fsp3) is 0.647. The Bertz CT molecular complexity index is 466. The lowest BCUT2D eigenvalue weighted by atomic mass is 9.89. The summed E-state index contributed by atoms with van der Waals surface area (Å²) in [6, 6.07) is 5.30. The van der Waals surface area contributed by atoms with Gasteiger partial charge in [0, 0.05) is 11.1 Å². The second-order valence-corrected chi connectivity index (χ2v) is 6.92. The maximum atomic E-state index is 13.9. The summed E-state index contributed by atoms with van der Waals surface area (Å²) in [5, 5.41) is 4.27. The second-order valence-electron chi connectivity index (χ2n) is 6.49. The Hall–Kier alpha value is -0.600. The van der Waals surface area contributed by atoms with Crippen LogP contribution in [0.4, 0.5) is 4.39 Å². The third kappa shape index (κ3) is 3.17. The first-order chi connectivity index (χ1) is 9.67. The molecule has 0 spiro atoms. The Kier molecular flexibility index (Phi) is 4.32. The molecule has 2 aliphatic rings. The highest BCUT2D eigenvalue weighted by Gasteiger charge is 2.47. The number of benzene rings is 1. The Morgan fingerprint density at radius 2 is 2.05 bits per heavy atom. The lowest BCUT2D eigenvalue weighted by molar-refractivity contribution is 0.330. The van der Waals surface area contributed by atoms with Crippen LogP contribution >= 0.6 is 11.6 Å². The predicted octanol–water partition coefficient (Wildman–Crippen LogP) is 4.44. The number of fused-ring (bicyclic) bond motifs is 1. The summed E-state index contributed by atoms with van der Waals surface area (Å²) >= 11 is 6.01. The van der Waals surface area contributed by atoms with Crippen molar-refractivity contribution in [2.24, 2.45) is 17.8 Å². The summed E-state index contributed by atoms with van der Waals surface area (Å²) < 4.78 is 13.9. The Balaban J connectivity index is 1.69. The van der Waals surface area contributed by atoms with Crippen molar-refractivity contribution in [2.75, 3.05) is 6.54 Å². The maximum Gasteiger partial charge on any atom is 0.126 e. The number of hydrogen-bond acceptors (Lipinski definition) is 1. The average Bonchev–Trinajstić information content (AvgIpc) is 3.05. The second kappa shape index (κ2) is 6.03. The van der Waals surface area contributed by atoms with E-state index in [0.29, 0.717) is 17.0 Å². The average molecular weight is 296 g/mol. The number of nitrogens with one attached hydrogen (secondary N) is 1. The minimum absolute atomic E-state index is 0.124. The summed E-state index contributed by atoms with van der Waals surface area (Å²) in [7, 11) is 0. The molecule has 0 aromatic heterocycles. The van der Waals surface area contributed by atoms with Gasteiger partial charge in [0.2, 0.25) is 0 Å². The first-order valence-electron chi connectivity index (χ1n) is 7.84. The SMILES string of the molecule is CCCNC(Cc1cc(Cl)ccc1F)C1CC2CC2C1. The van der Waals surface area contributed by atoms with Crippen molar-refractivity contribution in [2.45, 2.75) is 45.1 Å². The van der Waals surface area contributed by atoms with E-state index in [1.807, 2.05) is 0 Å². The number of halogens is 2. The van der Waals surface area contributed by atoms with Crippen molar-refractivity contribution in [1.82, 2.24) is 5.32 Å².